The van der Waals surface area contributed by atoms with Crippen LogP contribution in [0.4, 0.5) is 14.5 Å². The predicted molar refractivity (Wildman–Crippen MR) is 116 cm³/mol. The number of nitrogens with two attached hydrogens (primary N) is 1. The number of fused-ring (bicyclic) bond motifs is 2. The first kappa shape index (κ1) is 20.5. The number of rotatable bonds is 4. The largest absolute Gasteiger partial charge is 0.369 e. The van der Waals surface area contributed by atoms with Gasteiger partial charge in [0.15, 0.2) is 5.13 Å². The summed E-state index contributed by atoms with van der Waals surface area (Å²) in [5, 5.41) is 5.73. The van der Waals surface area contributed by atoms with Crippen LogP contribution in [0.3, 0.4) is 0 Å². The fourth-order valence-corrected chi connectivity index (χ4v) is 6.05. The molecule has 0 radical (unpaired) electrons. The van der Waals surface area contributed by atoms with E-state index in [0.717, 1.165) is 49.3 Å². The lowest BCUT2D eigenvalue weighted by Crippen LogP contribution is -2.47. The Balaban J connectivity index is 1.23. The van der Waals surface area contributed by atoms with Crippen LogP contribution >= 0.6 is 11.3 Å². The molecule has 0 aliphatic carbocycles. The Bertz CT molecular complexity index is 1030. The van der Waals surface area contributed by atoms with E-state index in [0.29, 0.717) is 13.2 Å². The lowest BCUT2D eigenvalue weighted by molar-refractivity contribution is -0.0955. The van der Waals surface area contributed by atoms with Crippen LogP contribution in [0.5, 0.6) is 0 Å². The molecule has 3 aliphatic heterocycles. The normalized spacial score (nSPS) is 22.8. The van der Waals surface area contributed by atoms with E-state index < -0.39 is 11.7 Å². The van der Waals surface area contributed by atoms with Crippen molar-refractivity contribution in [3.8, 4) is 0 Å². The number of nitrogens with zero attached hydrogens (tertiary/aromatic N) is 3. The minimum absolute atomic E-state index is 0.108. The minimum atomic E-state index is -0.675. The fraction of sp³-hybridized carbons (Fsp3) is 0.455. The Morgan fingerprint density at radius 3 is 2.90 bits per heavy atom. The molecule has 2 aromatic rings. The number of likely N-dealkylation sites (tertiary alicyclic amines) is 1. The van der Waals surface area contributed by atoms with Gasteiger partial charge in [0.1, 0.15) is 17.1 Å². The maximum atomic E-state index is 14.4. The Morgan fingerprint density at radius 2 is 2.13 bits per heavy atom. The molecular weight excluding hydrogens is 422 g/mol. The van der Waals surface area contributed by atoms with Gasteiger partial charge in [0.25, 0.3) is 5.91 Å². The van der Waals surface area contributed by atoms with Gasteiger partial charge in [-0.05, 0) is 43.0 Å². The van der Waals surface area contributed by atoms with Gasteiger partial charge in [0.05, 0.1) is 18.7 Å². The quantitative estimate of drug-likeness (QED) is 0.784. The van der Waals surface area contributed by atoms with Crippen molar-refractivity contribution in [1.82, 2.24) is 4.90 Å². The van der Waals surface area contributed by atoms with Gasteiger partial charge in [-0.2, -0.15) is 9.49 Å². The third-order valence-electron chi connectivity index (χ3n) is 6.43. The van der Waals surface area contributed by atoms with Gasteiger partial charge >= 0.3 is 0 Å². The van der Waals surface area contributed by atoms with E-state index in [-0.39, 0.29) is 27.9 Å². The molecule has 9 heteroatoms. The van der Waals surface area contributed by atoms with Gasteiger partial charge in [0.2, 0.25) is 0 Å². The van der Waals surface area contributed by atoms with Crippen molar-refractivity contribution >= 4 is 29.1 Å². The highest BCUT2D eigenvalue weighted by atomic mass is 32.1. The molecule has 1 fully saturated rings. The Hall–Kier alpha value is -2.36. The van der Waals surface area contributed by atoms with Crippen molar-refractivity contribution in [2.24, 2.45) is 16.8 Å². The number of carbonyl (C=O) groups is 1. The summed E-state index contributed by atoms with van der Waals surface area (Å²) >= 11 is 1.22. The van der Waals surface area contributed by atoms with Crippen LogP contribution in [0, 0.1) is 16.9 Å². The summed E-state index contributed by atoms with van der Waals surface area (Å²) in [4.78, 5) is 15.1. The third-order valence-corrected chi connectivity index (χ3v) is 7.58. The highest BCUT2D eigenvalue weighted by Gasteiger charge is 2.43. The number of primary amides is 1. The molecule has 1 aromatic heterocycles. The number of thiophene rings is 1. The predicted octanol–water partition coefficient (Wildman–Crippen LogP) is 3.11. The van der Waals surface area contributed by atoms with E-state index in [1.165, 1.54) is 34.5 Å². The number of ether oxygens (including phenoxy) is 1. The summed E-state index contributed by atoms with van der Waals surface area (Å²) < 4.78 is 34.4. The smallest absolute Gasteiger partial charge is 0.250 e. The Kier molecular flexibility index (Phi) is 5.27. The molecule has 0 saturated carbocycles. The number of benzene rings is 1. The molecule has 1 unspecified atom stereocenters. The first-order valence-electron chi connectivity index (χ1n) is 10.5. The van der Waals surface area contributed by atoms with Gasteiger partial charge in [-0.3, -0.25) is 9.80 Å². The van der Waals surface area contributed by atoms with Crippen molar-refractivity contribution in [3.63, 3.8) is 0 Å². The van der Waals surface area contributed by atoms with Crippen molar-refractivity contribution < 1.29 is 18.3 Å². The molecule has 164 valence electrons. The first-order valence-corrected chi connectivity index (χ1v) is 11.3. The molecule has 1 saturated heterocycles. The van der Waals surface area contributed by atoms with E-state index in [1.54, 1.807) is 6.07 Å². The van der Waals surface area contributed by atoms with Crippen molar-refractivity contribution in [2.75, 3.05) is 37.8 Å². The summed E-state index contributed by atoms with van der Waals surface area (Å²) in [6.45, 7) is 3.59. The zero-order valence-corrected chi connectivity index (χ0v) is 17.8. The molecule has 1 aromatic carbocycles. The zero-order chi connectivity index (χ0) is 21.6. The number of halogens is 2. The number of piperidine rings is 1. The van der Waals surface area contributed by atoms with E-state index in [9.17, 15) is 13.6 Å². The molecule has 1 atom stereocenters. The number of hydrogen-bond acceptors (Lipinski definition) is 6. The van der Waals surface area contributed by atoms with Gasteiger partial charge in [-0.15, -0.1) is 11.3 Å². The van der Waals surface area contributed by atoms with Crippen LogP contribution in [-0.4, -0.2) is 49.8 Å². The summed E-state index contributed by atoms with van der Waals surface area (Å²) in [7, 11) is 0. The van der Waals surface area contributed by atoms with Gasteiger partial charge < -0.3 is 15.4 Å². The molecule has 31 heavy (non-hydrogen) atoms. The standard InChI is InChI=1S/C22H24F2N4O2S/c23-17-3-1-2-16(21(25)29)19(17)28-13-14(11-26-28)12-27-7-5-22(6-8-27)20-15(4-9-30-22)10-18(24)31-20/h1-3,10-11,14H,4-9,12-13H2,(H2,25,29). The molecular formula is C22H24F2N4O2S. The number of hydrogen-bond donors (Lipinski definition) is 1. The highest BCUT2D eigenvalue weighted by Crippen LogP contribution is 2.45. The topological polar surface area (TPSA) is 71.2 Å². The monoisotopic (exact) mass is 446 g/mol. The molecule has 4 heterocycles. The minimum Gasteiger partial charge on any atom is -0.369 e. The van der Waals surface area contributed by atoms with E-state index in [2.05, 4.69) is 10.0 Å². The number of amides is 1. The second-order valence-corrected chi connectivity index (χ2v) is 9.41. The summed E-state index contributed by atoms with van der Waals surface area (Å²) in [5.41, 5.74) is 6.41. The molecule has 0 bridgehead atoms. The molecule has 1 amide bonds. The number of anilines is 1. The molecule has 1 spiro atoms. The van der Waals surface area contributed by atoms with Crippen LogP contribution < -0.4 is 10.7 Å². The van der Waals surface area contributed by atoms with Crippen LogP contribution in [0.15, 0.2) is 29.4 Å². The zero-order valence-electron chi connectivity index (χ0n) is 17.0. The highest BCUT2D eigenvalue weighted by molar-refractivity contribution is 7.10. The average Bonchev–Trinajstić information content (AvgIpc) is 3.36. The number of hydrazone groups is 1. The number of carbonyl (C=O) groups excluding carboxylic acids is 1. The van der Waals surface area contributed by atoms with Crippen LogP contribution in [0.1, 0.15) is 33.6 Å². The van der Waals surface area contributed by atoms with Gasteiger partial charge in [-0.1, -0.05) is 6.07 Å². The van der Waals surface area contributed by atoms with E-state index >= 15 is 0 Å². The molecule has 6 nitrogen and oxygen atoms in total. The Morgan fingerprint density at radius 1 is 1.32 bits per heavy atom. The Labute approximate surface area is 183 Å². The second kappa shape index (κ2) is 7.96. The molecule has 2 N–H and O–H groups in total. The first-order chi connectivity index (χ1) is 14.9. The van der Waals surface area contributed by atoms with Crippen molar-refractivity contribution in [2.45, 2.75) is 24.9 Å². The average molecular weight is 447 g/mol. The van der Waals surface area contributed by atoms with Gasteiger partial charge in [0, 0.05) is 36.6 Å². The van der Waals surface area contributed by atoms with Crippen molar-refractivity contribution in [3.05, 3.63) is 51.2 Å². The maximum absolute atomic E-state index is 14.4. The molecule has 5 rings (SSSR count). The lowest BCUT2D eigenvalue weighted by atomic mass is 9.85. The maximum Gasteiger partial charge on any atom is 0.250 e. The second-order valence-electron chi connectivity index (χ2n) is 8.41. The van der Waals surface area contributed by atoms with E-state index in [4.69, 9.17) is 10.5 Å². The van der Waals surface area contributed by atoms with E-state index in [1.807, 2.05) is 6.21 Å². The van der Waals surface area contributed by atoms with Crippen molar-refractivity contribution in [1.29, 1.82) is 0 Å². The summed E-state index contributed by atoms with van der Waals surface area (Å²) in [5.74, 6) is -1.08. The van der Waals surface area contributed by atoms with Gasteiger partial charge in [-0.25, -0.2) is 4.39 Å². The third kappa shape index (κ3) is 3.75. The molecule has 3 aliphatic rings. The lowest BCUT2D eigenvalue weighted by Gasteiger charge is -2.44. The van der Waals surface area contributed by atoms with Crippen LogP contribution in [0.25, 0.3) is 0 Å². The summed E-state index contributed by atoms with van der Waals surface area (Å²) in [6.07, 6.45) is 4.24. The number of para-hydroxylation sites is 1. The fourth-order valence-electron chi connectivity index (χ4n) is 4.91. The SMILES string of the molecule is NC(=O)c1cccc(F)c1N1CC(CN2CCC3(CC2)OCCc2cc(F)sc23)C=N1. The van der Waals surface area contributed by atoms with Crippen LogP contribution in [0.2, 0.25) is 0 Å². The summed E-state index contributed by atoms with van der Waals surface area (Å²) in [6, 6.07) is 5.95. The van der Waals surface area contributed by atoms with Crippen LogP contribution in [-0.2, 0) is 16.8 Å².